The Hall–Kier alpha value is -2.73. The third-order valence-corrected chi connectivity index (χ3v) is 5.65. The van der Waals surface area contributed by atoms with Gasteiger partial charge in [0.1, 0.15) is 5.75 Å². The zero-order valence-corrected chi connectivity index (χ0v) is 16.6. The summed E-state index contributed by atoms with van der Waals surface area (Å²) in [6, 6.07) is 11.8. The summed E-state index contributed by atoms with van der Waals surface area (Å²) in [6.45, 7) is 4.05. The van der Waals surface area contributed by atoms with Crippen molar-refractivity contribution in [3.63, 3.8) is 0 Å². The minimum absolute atomic E-state index is 0.227. The van der Waals surface area contributed by atoms with Crippen molar-refractivity contribution in [1.82, 2.24) is 4.90 Å². The van der Waals surface area contributed by atoms with E-state index in [1.165, 1.54) is 0 Å². The molecule has 2 aromatic rings. The number of carbonyl (C=O) groups excluding carboxylic acids is 1. The second-order valence-corrected chi connectivity index (χ2v) is 7.37. The van der Waals surface area contributed by atoms with Crippen LogP contribution in [-0.2, 0) is 11.2 Å². The average Bonchev–Trinajstić information content (AvgIpc) is 2.73. The molecule has 6 nitrogen and oxygen atoms in total. The van der Waals surface area contributed by atoms with Gasteiger partial charge in [-0.05, 0) is 42.8 Å². The summed E-state index contributed by atoms with van der Waals surface area (Å²) < 4.78 is 16.4. The number of benzene rings is 2. The van der Waals surface area contributed by atoms with Gasteiger partial charge in [0.25, 0.3) is 0 Å². The van der Waals surface area contributed by atoms with Gasteiger partial charge in [-0.3, -0.25) is 4.79 Å². The standard InChI is InChI=1S/C22H26N2O4/c1-23-8-10-24(11-9-23)17-6-4-16-12-18(22(25)28-20(16)14-17)15-5-7-19(26-2)21(13-15)27-3/h4-7,13-14,18H,8-12H2,1-3H3. The van der Waals surface area contributed by atoms with Crippen molar-refractivity contribution in [3.8, 4) is 17.2 Å². The summed E-state index contributed by atoms with van der Waals surface area (Å²) in [7, 11) is 5.33. The Balaban J connectivity index is 1.56. The number of hydrogen-bond donors (Lipinski definition) is 0. The van der Waals surface area contributed by atoms with Crippen LogP contribution < -0.4 is 19.1 Å². The van der Waals surface area contributed by atoms with E-state index in [9.17, 15) is 4.79 Å². The van der Waals surface area contributed by atoms with Crippen molar-refractivity contribution in [3.05, 3.63) is 47.5 Å². The number of rotatable bonds is 4. The molecule has 6 heteroatoms. The molecule has 0 aromatic heterocycles. The molecule has 2 aliphatic heterocycles. The van der Waals surface area contributed by atoms with Crippen molar-refractivity contribution in [1.29, 1.82) is 0 Å². The first-order valence-corrected chi connectivity index (χ1v) is 9.59. The first kappa shape index (κ1) is 18.6. The number of anilines is 1. The monoisotopic (exact) mass is 382 g/mol. The van der Waals surface area contributed by atoms with Gasteiger partial charge in [-0.1, -0.05) is 12.1 Å². The van der Waals surface area contributed by atoms with Gasteiger partial charge in [0, 0.05) is 37.9 Å². The van der Waals surface area contributed by atoms with E-state index in [1.54, 1.807) is 14.2 Å². The molecule has 0 N–H and O–H groups in total. The third-order valence-electron chi connectivity index (χ3n) is 5.65. The highest BCUT2D eigenvalue weighted by Crippen LogP contribution is 2.38. The lowest BCUT2D eigenvalue weighted by Crippen LogP contribution is -2.44. The molecular formula is C22H26N2O4. The van der Waals surface area contributed by atoms with Crippen molar-refractivity contribution in [2.45, 2.75) is 12.3 Å². The van der Waals surface area contributed by atoms with Crippen molar-refractivity contribution in [2.75, 3.05) is 52.3 Å². The van der Waals surface area contributed by atoms with Gasteiger partial charge in [0.15, 0.2) is 11.5 Å². The number of methoxy groups -OCH3 is 2. The Labute approximate surface area is 165 Å². The lowest BCUT2D eigenvalue weighted by atomic mass is 9.89. The Morgan fingerprint density at radius 2 is 1.71 bits per heavy atom. The van der Waals surface area contributed by atoms with Crippen LogP contribution in [0.2, 0.25) is 0 Å². The van der Waals surface area contributed by atoms with Crippen LogP contribution in [0.25, 0.3) is 0 Å². The van der Waals surface area contributed by atoms with Crippen LogP contribution in [0.4, 0.5) is 5.69 Å². The molecule has 1 fully saturated rings. The van der Waals surface area contributed by atoms with Crippen LogP contribution in [0.5, 0.6) is 17.2 Å². The van der Waals surface area contributed by atoms with E-state index in [2.05, 4.69) is 29.0 Å². The van der Waals surface area contributed by atoms with E-state index in [1.807, 2.05) is 24.3 Å². The molecule has 2 aromatic carbocycles. The fraction of sp³-hybridized carbons (Fsp3) is 0.409. The van der Waals surface area contributed by atoms with E-state index in [0.29, 0.717) is 23.7 Å². The summed E-state index contributed by atoms with van der Waals surface area (Å²) in [5, 5.41) is 0. The van der Waals surface area contributed by atoms with Crippen LogP contribution in [0, 0.1) is 0 Å². The average molecular weight is 382 g/mol. The van der Waals surface area contributed by atoms with Crippen LogP contribution >= 0.6 is 0 Å². The first-order valence-electron chi connectivity index (χ1n) is 9.59. The van der Waals surface area contributed by atoms with Gasteiger partial charge >= 0.3 is 5.97 Å². The van der Waals surface area contributed by atoms with Crippen LogP contribution in [0.1, 0.15) is 17.0 Å². The second-order valence-electron chi connectivity index (χ2n) is 7.37. The van der Waals surface area contributed by atoms with Crippen molar-refractivity contribution < 1.29 is 19.0 Å². The van der Waals surface area contributed by atoms with E-state index in [-0.39, 0.29) is 11.9 Å². The van der Waals surface area contributed by atoms with Crippen LogP contribution in [0.15, 0.2) is 36.4 Å². The summed E-state index contributed by atoms with van der Waals surface area (Å²) in [5.74, 6) is 1.37. The van der Waals surface area contributed by atoms with Crippen LogP contribution in [0.3, 0.4) is 0 Å². The number of likely N-dealkylation sites (N-methyl/N-ethyl adjacent to an activating group) is 1. The minimum atomic E-state index is -0.346. The molecular weight excluding hydrogens is 356 g/mol. The number of ether oxygens (including phenoxy) is 3. The highest BCUT2D eigenvalue weighted by Gasteiger charge is 2.31. The smallest absolute Gasteiger partial charge is 0.319 e. The Morgan fingerprint density at radius 1 is 0.964 bits per heavy atom. The van der Waals surface area contributed by atoms with E-state index >= 15 is 0 Å². The SMILES string of the molecule is COc1ccc(C2Cc3ccc(N4CCN(C)CC4)cc3OC2=O)cc1OC. The number of carbonyl (C=O) groups is 1. The van der Waals surface area contributed by atoms with Gasteiger partial charge in [-0.15, -0.1) is 0 Å². The molecule has 0 radical (unpaired) electrons. The molecule has 4 rings (SSSR count). The molecule has 2 heterocycles. The topological polar surface area (TPSA) is 51.2 Å². The van der Waals surface area contributed by atoms with Gasteiger partial charge in [-0.2, -0.15) is 0 Å². The number of nitrogens with zero attached hydrogens (tertiary/aromatic N) is 2. The van der Waals surface area contributed by atoms with E-state index < -0.39 is 0 Å². The highest BCUT2D eigenvalue weighted by atomic mass is 16.5. The number of fused-ring (bicyclic) bond motifs is 1. The van der Waals surface area contributed by atoms with Crippen LogP contribution in [-0.4, -0.2) is 58.3 Å². The first-order chi connectivity index (χ1) is 13.6. The fourth-order valence-electron chi connectivity index (χ4n) is 3.87. The molecule has 0 aliphatic carbocycles. The third kappa shape index (κ3) is 3.52. The number of esters is 1. The number of piperazine rings is 1. The molecule has 0 amide bonds. The Kier molecular flexibility index (Phi) is 5.13. The van der Waals surface area contributed by atoms with E-state index in [4.69, 9.17) is 14.2 Å². The minimum Gasteiger partial charge on any atom is -0.493 e. The molecule has 0 saturated carbocycles. The van der Waals surface area contributed by atoms with Crippen molar-refractivity contribution >= 4 is 11.7 Å². The fourth-order valence-corrected chi connectivity index (χ4v) is 3.87. The predicted molar refractivity (Wildman–Crippen MR) is 108 cm³/mol. The predicted octanol–water partition coefficient (Wildman–Crippen LogP) is 2.70. The molecule has 2 aliphatic rings. The number of hydrogen-bond acceptors (Lipinski definition) is 6. The summed E-state index contributed by atoms with van der Waals surface area (Å²) >= 11 is 0. The summed E-state index contributed by atoms with van der Waals surface area (Å²) in [4.78, 5) is 17.4. The zero-order chi connectivity index (χ0) is 19.7. The maximum atomic E-state index is 12.7. The molecule has 148 valence electrons. The van der Waals surface area contributed by atoms with Gasteiger partial charge < -0.3 is 24.0 Å². The maximum Gasteiger partial charge on any atom is 0.319 e. The van der Waals surface area contributed by atoms with Gasteiger partial charge in [0.05, 0.1) is 20.1 Å². The molecule has 28 heavy (non-hydrogen) atoms. The molecule has 0 spiro atoms. The van der Waals surface area contributed by atoms with E-state index in [0.717, 1.165) is 43.0 Å². The highest BCUT2D eigenvalue weighted by molar-refractivity contribution is 5.84. The molecule has 1 atom stereocenters. The van der Waals surface area contributed by atoms with Gasteiger partial charge in [0.2, 0.25) is 0 Å². The molecule has 1 unspecified atom stereocenters. The lowest BCUT2D eigenvalue weighted by Gasteiger charge is -2.34. The second kappa shape index (κ2) is 7.72. The molecule has 0 bridgehead atoms. The quantitative estimate of drug-likeness (QED) is 0.599. The Morgan fingerprint density at radius 3 is 2.43 bits per heavy atom. The Bertz CT molecular complexity index is 875. The van der Waals surface area contributed by atoms with Crippen molar-refractivity contribution in [2.24, 2.45) is 0 Å². The summed E-state index contributed by atoms with van der Waals surface area (Å²) in [5.41, 5.74) is 3.04. The lowest BCUT2D eigenvalue weighted by molar-refractivity contribution is -0.137. The summed E-state index contributed by atoms with van der Waals surface area (Å²) in [6.07, 6.45) is 0.618. The normalized spacial score (nSPS) is 19.8. The maximum absolute atomic E-state index is 12.7. The van der Waals surface area contributed by atoms with Gasteiger partial charge in [-0.25, -0.2) is 0 Å². The molecule has 1 saturated heterocycles. The zero-order valence-electron chi connectivity index (χ0n) is 16.6. The largest absolute Gasteiger partial charge is 0.493 e.